The van der Waals surface area contributed by atoms with E-state index in [9.17, 15) is 5.11 Å². The summed E-state index contributed by atoms with van der Waals surface area (Å²) in [6.45, 7) is 26.6. The molecule has 1 saturated heterocycles. The van der Waals surface area contributed by atoms with E-state index in [1.807, 2.05) is 0 Å². The zero-order valence-corrected chi connectivity index (χ0v) is 33.4. The third-order valence-electron chi connectivity index (χ3n) is 10.9. The summed E-state index contributed by atoms with van der Waals surface area (Å²) in [5.74, 6) is 6.31. The maximum absolute atomic E-state index is 11.8. The lowest BCUT2D eigenvalue weighted by Crippen LogP contribution is -2.60. The molecule has 0 radical (unpaired) electrons. The number of likely N-dealkylation sites (N-methyl/N-ethyl adjacent to an activating group) is 1. The van der Waals surface area contributed by atoms with Gasteiger partial charge in [0.2, 0.25) is 0 Å². The molecule has 1 rings (SSSR count). The van der Waals surface area contributed by atoms with Gasteiger partial charge in [-0.15, -0.1) is 17.9 Å². The number of ether oxygens (including phenoxy) is 2. The fraction of sp³-hybridized carbons (Fsp3) is 0.882. The van der Waals surface area contributed by atoms with Crippen molar-refractivity contribution in [3.8, 4) is 23.8 Å². The van der Waals surface area contributed by atoms with Gasteiger partial charge < -0.3 is 28.3 Å². The van der Waals surface area contributed by atoms with E-state index < -0.39 is 42.7 Å². The molecule has 0 aromatic rings. The van der Waals surface area contributed by atoms with Crippen molar-refractivity contribution >= 4 is 24.7 Å². The summed E-state index contributed by atoms with van der Waals surface area (Å²) in [4.78, 5) is 2.21. The molecule has 0 unspecified atom stereocenters. The number of aliphatic hydroxyl groups is 1. The zero-order chi connectivity index (χ0) is 33.3. The Hall–Kier alpha value is -0.469. The molecule has 1 aliphatic heterocycles. The molecule has 1 heterocycles. The van der Waals surface area contributed by atoms with E-state index in [-0.39, 0.29) is 36.3 Å². The van der Waals surface area contributed by atoms with Gasteiger partial charge in [-0.1, -0.05) is 68.2 Å². The monoisotopic (exact) mass is 653 g/mol. The Morgan fingerprint density at radius 1 is 0.977 bits per heavy atom. The van der Waals surface area contributed by atoms with Gasteiger partial charge in [0.05, 0.1) is 31.3 Å². The molecule has 6 nitrogen and oxygen atoms in total. The molecule has 0 aromatic carbocycles. The second-order valence-corrected chi connectivity index (χ2v) is 28.9. The quantitative estimate of drug-likeness (QED) is 0.136. The summed E-state index contributed by atoms with van der Waals surface area (Å²) in [6.07, 6.45) is 5.19. The van der Waals surface area contributed by atoms with E-state index in [1.54, 1.807) is 0 Å². The predicted molar refractivity (Wildman–Crippen MR) is 190 cm³/mol. The summed E-state index contributed by atoms with van der Waals surface area (Å²) in [6, 6.07) is 6.60. The van der Waals surface area contributed by atoms with Crippen molar-refractivity contribution in [3.63, 3.8) is 0 Å². The molecule has 0 saturated carbocycles. The average molecular weight is 654 g/mol. The van der Waals surface area contributed by atoms with Crippen molar-refractivity contribution in [2.45, 2.75) is 173 Å². The van der Waals surface area contributed by atoms with E-state index in [1.165, 1.54) is 0 Å². The first-order valence-electron chi connectivity index (χ1n) is 16.9. The van der Waals surface area contributed by atoms with Crippen LogP contribution >= 0.6 is 0 Å². The van der Waals surface area contributed by atoms with E-state index >= 15 is 0 Å². The highest BCUT2D eigenvalue weighted by atomic mass is 28.4. The van der Waals surface area contributed by atoms with Gasteiger partial charge in [0.1, 0.15) is 14.2 Å². The van der Waals surface area contributed by atoms with Gasteiger partial charge in [0, 0.05) is 6.42 Å². The Morgan fingerprint density at radius 2 is 1.51 bits per heavy atom. The van der Waals surface area contributed by atoms with Crippen molar-refractivity contribution in [1.29, 1.82) is 0 Å². The number of hydrogen-bond donors (Lipinski definition) is 1. The van der Waals surface area contributed by atoms with Crippen LogP contribution in [0.5, 0.6) is 0 Å². The maximum Gasteiger partial charge on any atom is 0.192 e. The van der Waals surface area contributed by atoms with Crippen LogP contribution in [-0.4, -0.2) is 91.7 Å². The topological polar surface area (TPSA) is 60.4 Å². The van der Waals surface area contributed by atoms with Crippen LogP contribution in [0.1, 0.15) is 82.1 Å². The van der Waals surface area contributed by atoms with Crippen molar-refractivity contribution in [3.05, 3.63) is 0 Å². The minimum atomic E-state index is -2.14. The lowest BCUT2D eigenvalue weighted by Gasteiger charge is -2.48. The minimum absolute atomic E-state index is 0.00263. The second kappa shape index (κ2) is 16.9. The molecule has 6 atom stereocenters. The summed E-state index contributed by atoms with van der Waals surface area (Å²) in [7, 11) is -1.59. The minimum Gasteiger partial charge on any atom is -0.414 e. The van der Waals surface area contributed by atoms with Crippen molar-refractivity contribution < 1.29 is 23.4 Å². The predicted octanol–water partition coefficient (Wildman–Crippen LogP) is 7.65. The Kier molecular flexibility index (Phi) is 15.9. The highest BCUT2D eigenvalue weighted by molar-refractivity contribution is 6.87. The third kappa shape index (κ3) is 10.3. The van der Waals surface area contributed by atoms with Crippen LogP contribution < -0.4 is 0 Å². The highest BCUT2D eigenvalue weighted by Gasteiger charge is 2.48. The molecule has 0 spiro atoms. The first-order chi connectivity index (χ1) is 19.9. The Morgan fingerprint density at radius 3 is 1.93 bits per heavy atom. The van der Waals surface area contributed by atoms with Crippen molar-refractivity contribution in [1.82, 2.24) is 4.90 Å². The summed E-state index contributed by atoms with van der Waals surface area (Å²) in [5, 5.41) is 11.8. The van der Waals surface area contributed by atoms with Crippen LogP contribution in [0.25, 0.3) is 0 Å². The molecular formula is C34H67NO5Si3. The molecular weight excluding hydrogens is 587 g/mol. The molecule has 43 heavy (non-hydrogen) atoms. The van der Waals surface area contributed by atoms with E-state index in [0.29, 0.717) is 6.42 Å². The van der Waals surface area contributed by atoms with Crippen LogP contribution in [0.3, 0.4) is 0 Å². The largest absolute Gasteiger partial charge is 0.414 e. The summed E-state index contributed by atoms with van der Waals surface area (Å²) >= 11 is 0. The van der Waals surface area contributed by atoms with Gasteiger partial charge in [0.25, 0.3) is 0 Å². The fourth-order valence-electron chi connectivity index (χ4n) is 5.94. The second-order valence-electron chi connectivity index (χ2n) is 14.4. The van der Waals surface area contributed by atoms with E-state index in [0.717, 1.165) is 36.3 Å². The van der Waals surface area contributed by atoms with Gasteiger partial charge in [0.15, 0.2) is 28.5 Å². The molecule has 1 aliphatic rings. The van der Waals surface area contributed by atoms with Crippen LogP contribution in [0, 0.1) is 23.8 Å². The number of aliphatic hydroxyl groups excluding tert-OH is 1. The van der Waals surface area contributed by atoms with Gasteiger partial charge in [-0.2, -0.15) is 0 Å². The lowest BCUT2D eigenvalue weighted by molar-refractivity contribution is -0.272. The summed E-state index contributed by atoms with van der Waals surface area (Å²) < 4.78 is 26.8. The van der Waals surface area contributed by atoms with Gasteiger partial charge in [-0.05, 0) is 75.4 Å². The first-order valence-corrected chi connectivity index (χ1v) is 24.9. The van der Waals surface area contributed by atoms with Crippen molar-refractivity contribution in [2.24, 2.45) is 0 Å². The Labute approximate surface area is 269 Å². The molecule has 9 heteroatoms. The van der Waals surface area contributed by atoms with E-state index in [2.05, 4.69) is 119 Å². The van der Waals surface area contributed by atoms with Crippen LogP contribution in [-0.2, 0) is 18.3 Å². The zero-order valence-electron chi connectivity index (χ0n) is 30.4. The van der Waals surface area contributed by atoms with Crippen LogP contribution in [0.4, 0.5) is 0 Å². The van der Waals surface area contributed by atoms with Gasteiger partial charge >= 0.3 is 0 Å². The SMILES string of the molecule is C#C[C@@](CC#C[Si](CC)(CC)CC)(O[C@H]1C[C@H](O[Si](CC)(CC)CC)[C@H](N(C)C)[C@H](C)O1)[C@H](O)CO[Si](C)(C)C(C)(C)C. The number of hydrogen-bond acceptors (Lipinski definition) is 6. The maximum atomic E-state index is 11.8. The standard InChI is InChI=1S/C34H67NO5Si3/c1-16-34(24-23-25-42(17-2,18-3)19-4,30(36)27-37-41(14,15)33(9,10)11)39-31-26-29(32(35(12)13)28(8)38-31)40-43(20-5,21-6)22-7/h1,28-32,36H,17-22,24,26-27H2,2-15H3/t28-,29-,30+,31-,32+,34-/m0/s1. The number of rotatable bonds is 16. The smallest absolute Gasteiger partial charge is 0.192 e. The molecule has 1 N–H and O–H groups in total. The summed E-state index contributed by atoms with van der Waals surface area (Å²) in [5.41, 5.74) is 2.30. The molecule has 0 amide bonds. The highest BCUT2D eigenvalue weighted by Crippen LogP contribution is 2.38. The Balaban J connectivity index is 3.50. The number of nitrogens with zero attached hydrogens (tertiary/aromatic N) is 1. The lowest BCUT2D eigenvalue weighted by atomic mass is 9.93. The average Bonchev–Trinajstić information content (AvgIpc) is 2.95. The molecule has 0 bridgehead atoms. The van der Waals surface area contributed by atoms with Crippen molar-refractivity contribution in [2.75, 3.05) is 20.7 Å². The third-order valence-corrected chi connectivity index (χ3v) is 24.8. The van der Waals surface area contributed by atoms with E-state index in [4.69, 9.17) is 24.7 Å². The molecule has 0 aliphatic carbocycles. The van der Waals surface area contributed by atoms with Crippen LogP contribution in [0.2, 0.25) is 54.4 Å². The molecule has 0 aromatic heterocycles. The fourth-order valence-corrected chi connectivity index (χ4v) is 12.3. The Bertz CT molecular complexity index is 926. The first kappa shape index (κ1) is 40.6. The molecule has 1 fully saturated rings. The van der Waals surface area contributed by atoms with Gasteiger partial charge in [-0.3, -0.25) is 0 Å². The van der Waals surface area contributed by atoms with Gasteiger partial charge in [-0.25, -0.2) is 0 Å². The normalized spacial score (nSPS) is 24.2. The van der Waals surface area contributed by atoms with Crippen LogP contribution in [0.15, 0.2) is 0 Å². The number of terminal acetylenes is 1. The molecule has 250 valence electrons.